The van der Waals surface area contributed by atoms with E-state index in [4.69, 9.17) is 4.98 Å². The van der Waals surface area contributed by atoms with E-state index in [0.29, 0.717) is 0 Å². The molecule has 9 aromatic rings. The maximum atomic E-state index is 5.19. The first kappa shape index (κ1) is 23.9. The quantitative estimate of drug-likeness (QED) is 0.206. The molecular formula is C40H25N3. The summed E-state index contributed by atoms with van der Waals surface area (Å²) in [5.74, 6) is 0. The van der Waals surface area contributed by atoms with Gasteiger partial charge in [-0.2, -0.15) is 0 Å². The van der Waals surface area contributed by atoms with E-state index < -0.39 is 0 Å². The van der Waals surface area contributed by atoms with Gasteiger partial charge in [-0.15, -0.1) is 0 Å². The second-order valence-electron chi connectivity index (χ2n) is 11.0. The van der Waals surface area contributed by atoms with Gasteiger partial charge in [-0.1, -0.05) is 103 Å². The van der Waals surface area contributed by atoms with Crippen molar-refractivity contribution in [3.8, 4) is 28.1 Å². The van der Waals surface area contributed by atoms with E-state index in [1.807, 2.05) is 12.3 Å². The Morgan fingerprint density at radius 2 is 1.21 bits per heavy atom. The van der Waals surface area contributed by atoms with E-state index >= 15 is 0 Å². The molecule has 43 heavy (non-hydrogen) atoms. The van der Waals surface area contributed by atoms with Crippen molar-refractivity contribution in [1.29, 1.82) is 0 Å². The molecule has 3 aromatic heterocycles. The topological polar surface area (TPSA) is 30.7 Å². The Balaban J connectivity index is 1.35. The molecule has 0 spiro atoms. The normalized spacial score (nSPS) is 11.7. The summed E-state index contributed by atoms with van der Waals surface area (Å²) in [5.41, 5.74) is 10.0. The van der Waals surface area contributed by atoms with E-state index in [-0.39, 0.29) is 0 Å². The van der Waals surface area contributed by atoms with E-state index in [0.717, 1.165) is 44.1 Å². The molecule has 0 fully saturated rings. The zero-order chi connectivity index (χ0) is 28.3. The largest absolute Gasteiger partial charge is 0.309 e. The average Bonchev–Trinajstić information content (AvgIpc) is 3.42. The lowest BCUT2D eigenvalue weighted by Crippen LogP contribution is -1.96. The lowest BCUT2D eigenvalue weighted by molar-refractivity contribution is 1.19. The predicted octanol–water partition coefficient (Wildman–Crippen LogP) is 10.4. The molecule has 3 heteroatoms. The number of benzene rings is 6. The van der Waals surface area contributed by atoms with Crippen LogP contribution in [-0.2, 0) is 0 Å². The van der Waals surface area contributed by atoms with Crippen molar-refractivity contribution in [3.05, 3.63) is 152 Å². The number of hydrogen-bond acceptors (Lipinski definition) is 2. The monoisotopic (exact) mass is 547 g/mol. The summed E-state index contributed by atoms with van der Waals surface area (Å²) in [6.07, 6.45) is 1.84. The van der Waals surface area contributed by atoms with Crippen molar-refractivity contribution in [2.24, 2.45) is 0 Å². The Morgan fingerprint density at radius 1 is 0.465 bits per heavy atom. The molecule has 0 aliphatic rings. The van der Waals surface area contributed by atoms with Gasteiger partial charge < -0.3 is 4.57 Å². The van der Waals surface area contributed by atoms with Crippen LogP contribution in [0.2, 0.25) is 0 Å². The molecule has 3 nitrogen and oxygen atoms in total. The summed E-state index contributed by atoms with van der Waals surface area (Å²) in [7, 11) is 0. The Hall–Kier alpha value is -5.80. The van der Waals surface area contributed by atoms with E-state index in [1.54, 1.807) is 0 Å². The van der Waals surface area contributed by atoms with Crippen molar-refractivity contribution in [1.82, 2.24) is 14.5 Å². The number of rotatable bonds is 3. The van der Waals surface area contributed by atoms with Gasteiger partial charge in [0, 0.05) is 49.8 Å². The number of nitrogens with zero attached hydrogens (tertiary/aromatic N) is 3. The van der Waals surface area contributed by atoms with Gasteiger partial charge in [0.1, 0.15) is 0 Å². The smallest absolute Gasteiger partial charge is 0.0788 e. The predicted molar refractivity (Wildman–Crippen MR) is 180 cm³/mol. The summed E-state index contributed by atoms with van der Waals surface area (Å²) in [6, 6.07) is 51.8. The first-order valence-corrected chi connectivity index (χ1v) is 14.6. The van der Waals surface area contributed by atoms with Crippen LogP contribution in [0.25, 0.3) is 82.5 Å². The number of aromatic nitrogens is 3. The van der Waals surface area contributed by atoms with Gasteiger partial charge in [0.05, 0.1) is 27.8 Å². The standard InChI is InChI=1S/C40H25N3/c1-2-9-27(10-3-1)39-34-22-21-32-31-12-5-7-15-37(31)43(40(32)38(34)33-13-4-6-14-36(33)42-39)30-19-16-26(17-20-30)28-18-23-35-29(25-28)11-8-24-41-35/h1-25H. The van der Waals surface area contributed by atoms with Crippen LogP contribution in [-0.4, -0.2) is 14.5 Å². The van der Waals surface area contributed by atoms with Gasteiger partial charge in [-0.3, -0.25) is 4.98 Å². The van der Waals surface area contributed by atoms with E-state index in [2.05, 4.69) is 149 Å². The average molecular weight is 548 g/mol. The highest BCUT2D eigenvalue weighted by Gasteiger charge is 2.19. The van der Waals surface area contributed by atoms with Gasteiger partial charge in [-0.05, 0) is 53.6 Å². The van der Waals surface area contributed by atoms with Crippen molar-refractivity contribution in [3.63, 3.8) is 0 Å². The van der Waals surface area contributed by atoms with Crippen molar-refractivity contribution < 1.29 is 0 Å². The third-order valence-electron chi connectivity index (χ3n) is 8.61. The zero-order valence-electron chi connectivity index (χ0n) is 23.3. The van der Waals surface area contributed by atoms with E-state index in [9.17, 15) is 0 Å². The van der Waals surface area contributed by atoms with Crippen LogP contribution in [0.3, 0.4) is 0 Å². The van der Waals surface area contributed by atoms with E-state index in [1.165, 1.54) is 38.3 Å². The first-order valence-electron chi connectivity index (χ1n) is 14.6. The van der Waals surface area contributed by atoms with Crippen LogP contribution in [0, 0.1) is 0 Å². The van der Waals surface area contributed by atoms with Crippen LogP contribution in [0.5, 0.6) is 0 Å². The van der Waals surface area contributed by atoms with Crippen LogP contribution >= 0.6 is 0 Å². The molecule has 0 bridgehead atoms. The summed E-state index contributed by atoms with van der Waals surface area (Å²) in [5, 5.41) is 7.17. The lowest BCUT2D eigenvalue weighted by atomic mass is 9.97. The van der Waals surface area contributed by atoms with Crippen molar-refractivity contribution >= 4 is 54.4 Å². The molecule has 0 aliphatic heterocycles. The highest BCUT2D eigenvalue weighted by Crippen LogP contribution is 2.42. The number of hydrogen-bond donors (Lipinski definition) is 0. The first-order chi connectivity index (χ1) is 21.3. The zero-order valence-corrected chi connectivity index (χ0v) is 23.3. The molecule has 9 rings (SSSR count). The minimum atomic E-state index is 0.999. The molecule has 0 atom stereocenters. The van der Waals surface area contributed by atoms with Gasteiger partial charge in [0.2, 0.25) is 0 Å². The van der Waals surface area contributed by atoms with Gasteiger partial charge in [-0.25, -0.2) is 4.98 Å². The highest BCUT2D eigenvalue weighted by atomic mass is 15.0. The number of para-hydroxylation sites is 2. The second kappa shape index (κ2) is 9.37. The Bertz CT molecular complexity index is 2490. The number of pyridine rings is 2. The van der Waals surface area contributed by atoms with Crippen LogP contribution in [0.4, 0.5) is 0 Å². The third-order valence-corrected chi connectivity index (χ3v) is 8.61. The molecule has 3 heterocycles. The summed E-state index contributed by atoms with van der Waals surface area (Å²) < 4.78 is 2.43. The molecule has 0 unspecified atom stereocenters. The van der Waals surface area contributed by atoms with Crippen molar-refractivity contribution in [2.75, 3.05) is 0 Å². The molecule has 0 saturated carbocycles. The molecule has 0 N–H and O–H groups in total. The third kappa shape index (κ3) is 3.68. The fourth-order valence-corrected chi connectivity index (χ4v) is 6.63. The van der Waals surface area contributed by atoms with Crippen LogP contribution in [0.15, 0.2) is 152 Å². The minimum Gasteiger partial charge on any atom is -0.309 e. The Morgan fingerprint density at radius 3 is 2.09 bits per heavy atom. The van der Waals surface area contributed by atoms with Crippen LogP contribution in [0.1, 0.15) is 0 Å². The van der Waals surface area contributed by atoms with Gasteiger partial charge in [0.15, 0.2) is 0 Å². The summed E-state index contributed by atoms with van der Waals surface area (Å²) in [4.78, 5) is 9.68. The molecule has 0 amide bonds. The SMILES string of the molecule is c1ccc(-c2nc3ccccc3c3c2ccc2c4ccccc4n(-c4ccc(-c5ccc6ncccc6c5)cc4)c23)cc1. The molecular weight excluding hydrogens is 522 g/mol. The fraction of sp³-hybridized carbons (Fsp3) is 0. The Kier molecular flexibility index (Phi) is 5.20. The molecule has 200 valence electrons. The molecule has 6 aromatic carbocycles. The second-order valence-corrected chi connectivity index (χ2v) is 11.0. The maximum absolute atomic E-state index is 5.19. The molecule has 0 aliphatic carbocycles. The lowest BCUT2D eigenvalue weighted by Gasteiger charge is -2.15. The minimum absolute atomic E-state index is 0.999. The van der Waals surface area contributed by atoms with Gasteiger partial charge >= 0.3 is 0 Å². The molecule has 0 saturated heterocycles. The fourth-order valence-electron chi connectivity index (χ4n) is 6.63. The Labute approximate surface area is 248 Å². The maximum Gasteiger partial charge on any atom is 0.0788 e. The number of fused-ring (bicyclic) bond motifs is 8. The van der Waals surface area contributed by atoms with Crippen LogP contribution < -0.4 is 0 Å². The van der Waals surface area contributed by atoms with Crippen molar-refractivity contribution in [2.45, 2.75) is 0 Å². The highest BCUT2D eigenvalue weighted by molar-refractivity contribution is 6.26. The summed E-state index contributed by atoms with van der Waals surface area (Å²) >= 11 is 0. The summed E-state index contributed by atoms with van der Waals surface area (Å²) in [6.45, 7) is 0. The van der Waals surface area contributed by atoms with Gasteiger partial charge in [0.25, 0.3) is 0 Å². The molecule has 0 radical (unpaired) electrons.